The number of rotatable bonds is 6. The molecule has 0 amide bonds. The molecule has 11 aromatic rings. The Labute approximate surface area is 328 Å². The summed E-state index contributed by atoms with van der Waals surface area (Å²) in [7, 11) is 0. The molecule has 11 rings (SSSR count). The van der Waals surface area contributed by atoms with Gasteiger partial charge in [0.05, 0.1) is 16.5 Å². The summed E-state index contributed by atoms with van der Waals surface area (Å²) in [5.41, 5.74) is 9.92. The van der Waals surface area contributed by atoms with E-state index in [1.165, 1.54) is 0 Å². The number of nitrogens with zero attached hydrogens (tertiary/aromatic N) is 4. The standard InChI is InChI=1S/C51H32N4O/c1-3-12-33(13-4-1)34-22-24-35(25-23-34)37-26-28-42-41-18-7-9-20-45(41)55(46(42)31-37)40-17-11-16-38(30-40)50-52-49(36-14-5-2-6-15-36)53-51(54-50)39-27-29-44-43-19-8-10-21-47(43)56-48(44)32-39/h1-32H/i7D,9D,18D,20D. The van der Waals surface area contributed by atoms with Crippen LogP contribution in [0.15, 0.2) is 198 Å². The fraction of sp³-hybridized carbons (Fsp3) is 0. The van der Waals surface area contributed by atoms with Crippen LogP contribution < -0.4 is 0 Å². The lowest BCUT2D eigenvalue weighted by molar-refractivity contribution is 0.669. The first-order valence-corrected chi connectivity index (χ1v) is 18.4. The summed E-state index contributed by atoms with van der Waals surface area (Å²) >= 11 is 0. The Bertz CT molecular complexity index is 3470. The van der Waals surface area contributed by atoms with Crippen LogP contribution in [0.5, 0.6) is 0 Å². The third-order valence-corrected chi connectivity index (χ3v) is 10.4. The number of fused-ring (bicyclic) bond motifs is 6. The van der Waals surface area contributed by atoms with Gasteiger partial charge in [-0.2, -0.15) is 0 Å². The number of hydrogen-bond acceptors (Lipinski definition) is 4. The molecule has 262 valence electrons. The number of furan rings is 1. The van der Waals surface area contributed by atoms with Crippen molar-refractivity contribution in [3.8, 4) is 62.1 Å². The molecular weight excluding hydrogens is 685 g/mol. The zero-order chi connectivity index (χ0) is 40.5. The van der Waals surface area contributed by atoms with Gasteiger partial charge in [0.2, 0.25) is 0 Å². The van der Waals surface area contributed by atoms with Gasteiger partial charge in [-0.15, -0.1) is 0 Å². The van der Waals surface area contributed by atoms with Crippen molar-refractivity contribution in [3.63, 3.8) is 0 Å². The second kappa shape index (κ2) is 13.0. The van der Waals surface area contributed by atoms with E-state index in [2.05, 4.69) is 48.5 Å². The van der Waals surface area contributed by atoms with Crippen LogP contribution in [0.2, 0.25) is 0 Å². The van der Waals surface area contributed by atoms with Crippen molar-refractivity contribution in [3.05, 3.63) is 194 Å². The summed E-state index contributed by atoms with van der Waals surface area (Å²) in [6.07, 6.45) is 0. The summed E-state index contributed by atoms with van der Waals surface area (Å²) in [5.74, 6) is 1.45. The molecular formula is C51H32N4O. The highest BCUT2D eigenvalue weighted by molar-refractivity contribution is 6.10. The third-order valence-electron chi connectivity index (χ3n) is 10.4. The van der Waals surface area contributed by atoms with Gasteiger partial charge in [0.15, 0.2) is 17.5 Å². The van der Waals surface area contributed by atoms with Gasteiger partial charge in [0, 0.05) is 43.9 Å². The first-order valence-electron chi connectivity index (χ1n) is 20.4. The van der Waals surface area contributed by atoms with Crippen LogP contribution in [0.4, 0.5) is 0 Å². The van der Waals surface area contributed by atoms with Crippen molar-refractivity contribution < 1.29 is 9.90 Å². The molecule has 56 heavy (non-hydrogen) atoms. The van der Waals surface area contributed by atoms with E-state index in [0.29, 0.717) is 39.6 Å². The molecule has 3 aromatic heterocycles. The molecule has 0 unspecified atom stereocenters. The summed E-state index contributed by atoms with van der Waals surface area (Å²) < 4.78 is 43.7. The van der Waals surface area contributed by atoms with Crippen molar-refractivity contribution in [2.75, 3.05) is 0 Å². The highest BCUT2D eigenvalue weighted by Crippen LogP contribution is 2.37. The Morgan fingerprint density at radius 3 is 1.71 bits per heavy atom. The van der Waals surface area contributed by atoms with Gasteiger partial charge in [-0.25, -0.2) is 15.0 Å². The van der Waals surface area contributed by atoms with E-state index in [1.807, 2.05) is 126 Å². The molecule has 0 aliphatic heterocycles. The first kappa shape index (κ1) is 27.9. The van der Waals surface area contributed by atoms with Crippen molar-refractivity contribution in [2.24, 2.45) is 0 Å². The lowest BCUT2D eigenvalue weighted by Crippen LogP contribution is -2.01. The minimum atomic E-state index is -0.291. The Kier molecular flexibility index (Phi) is 6.50. The van der Waals surface area contributed by atoms with Gasteiger partial charge < -0.3 is 8.98 Å². The molecule has 0 radical (unpaired) electrons. The quantitative estimate of drug-likeness (QED) is 0.172. The monoisotopic (exact) mass is 720 g/mol. The SMILES string of the molecule is [2H]c1c([2H])c([2H])c2c(c1[2H])c1ccc(-c3ccc(-c4ccccc4)cc3)cc1n2-c1cccc(-c2nc(-c3ccccc3)nc(-c3ccc4c(c3)oc3ccccc34)n2)c1. The Morgan fingerprint density at radius 2 is 0.929 bits per heavy atom. The summed E-state index contributed by atoms with van der Waals surface area (Å²) in [6, 6.07) is 55.5. The van der Waals surface area contributed by atoms with Crippen molar-refractivity contribution in [1.29, 1.82) is 0 Å². The maximum Gasteiger partial charge on any atom is 0.164 e. The molecule has 0 N–H and O–H groups in total. The van der Waals surface area contributed by atoms with E-state index < -0.39 is 0 Å². The fourth-order valence-electron chi connectivity index (χ4n) is 7.65. The van der Waals surface area contributed by atoms with Crippen LogP contribution in [0.3, 0.4) is 0 Å². The maximum atomic E-state index is 9.18. The molecule has 0 saturated carbocycles. The minimum Gasteiger partial charge on any atom is -0.456 e. The van der Waals surface area contributed by atoms with Gasteiger partial charge in [-0.3, -0.25) is 0 Å². The van der Waals surface area contributed by atoms with Crippen LogP contribution in [0.1, 0.15) is 5.48 Å². The van der Waals surface area contributed by atoms with E-state index in [0.717, 1.165) is 66.2 Å². The topological polar surface area (TPSA) is 56.7 Å². The zero-order valence-electron chi connectivity index (χ0n) is 33.9. The number of hydrogen-bond donors (Lipinski definition) is 0. The predicted molar refractivity (Wildman–Crippen MR) is 229 cm³/mol. The molecule has 0 spiro atoms. The first-order chi connectivity index (χ1) is 29.4. The van der Waals surface area contributed by atoms with Crippen molar-refractivity contribution in [2.45, 2.75) is 0 Å². The molecule has 0 saturated heterocycles. The summed E-state index contributed by atoms with van der Waals surface area (Å²) in [5, 5.41) is 3.24. The second-order valence-electron chi connectivity index (χ2n) is 13.8. The molecule has 0 aliphatic carbocycles. The van der Waals surface area contributed by atoms with Crippen LogP contribution in [-0.2, 0) is 0 Å². The number of benzene rings is 8. The summed E-state index contributed by atoms with van der Waals surface area (Å²) in [6.45, 7) is 0. The van der Waals surface area contributed by atoms with Gasteiger partial charge in [0.25, 0.3) is 0 Å². The van der Waals surface area contributed by atoms with Gasteiger partial charge in [-0.1, -0.05) is 152 Å². The largest absolute Gasteiger partial charge is 0.456 e. The molecule has 5 nitrogen and oxygen atoms in total. The molecule has 0 aliphatic rings. The van der Waals surface area contributed by atoms with E-state index in [-0.39, 0.29) is 24.2 Å². The fourth-order valence-corrected chi connectivity index (χ4v) is 7.65. The Hall–Kier alpha value is -7.63. The van der Waals surface area contributed by atoms with E-state index in [9.17, 15) is 1.37 Å². The van der Waals surface area contributed by atoms with Crippen LogP contribution in [-0.4, -0.2) is 19.5 Å². The van der Waals surface area contributed by atoms with Crippen LogP contribution >= 0.6 is 0 Å². The average Bonchev–Trinajstić information content (AvgIpc) is 3.86. The lowest BCUT2D eigenvalue weighted by atomic mass is 9.99. The van der Waals surface area contributed by atoms with Gasteiger partial charge >= 0.3 is 0 Å². The highest BCUT2D eigenvalue weighted by atomic mass is 16.3. The zero-order valence-corrected chi connectivity index (χ0v) is 29.9. The molecule has 0 atom stereocenters. The van der Waals surface area contributed by atoms with Crippen LogP contribution in [0.25, 0.3) is 106 Å². The number of aromatic nitrogens is 4. The highest BCUT2D eigenvalue weighted by Gasteiger charge is 2.17. The van der Waals surface area contributed by atoms with Gasteiger partial charge in [0.1, 0.15) is 11.2 Å². The van der Waals surface area contributed by atoms with Gasteiger partial charge in [-0.05, 0) is 64.7 Å². The average molecular weight is 721 g/mol. The maximum absolute atomic E-state index is 9.18. The number of para-hydroxylation sites is 2. The van der Waals surface area contributed by atoms with E-state index in [4.69, 9.17) is 23.5 Å². The van der Waals surface area contributed by atoms with E-state index >= 15 is 0 Å². The third kappa shape index (κ3) is 5.45. The minimum absolute atomic E-state index is 0.0816. The molecule has 0 fully saturated rings. The lowest BCUT2D eigenvalue weighted by Gasteiger charge is -2.12. The normalized spacial score (nSPS) is 12.6. The predicted octanol–water partition coefficient (Wildman–Crippen LogP) is 13.2. The molecule has 0 bridgehead atoms. The smallest absolute Gasteiger partial charge is 0.164 e. The molecule has 5 heteroatoms. The van der Waals surface area contributed by atoms with E-state index in [1.54, 1.807) is 0 Å². The van der Waals surface area contributed by atoms with Crippen LogP contribution in [0, 0.1) is 0 Å². The second-order valence-corrected chi connectivity index (χ2v) is 13.8. The van der Waals surface area contributed by atoms with Crippen molar-refractivity contribution >= 4 is 43.7 Å². The Morgan fingerprint density at radius 1 is 0.375 bits per heavy atom. The summed E-state index contributed by atoms with van der Waals surface area (Å²) in [4.78, 5) is 15.0. The molecule has 8 aromatic carbocycles. The van der Waals surface area contributed by atoms with Crippen molar-refractivity contribution in [1.82, 2.24) is 19.5 Å². The Balaban J connectivity index is 1.09. The molecule has 3 heterocycles.